The van der Waals surface area contributed by atoms with Crippen molar-refractivity contribution in [1.29, 1.82) is 5.26 Å². The Labute approximate surface area is 190 Å². The molecular weight excluding hydrogens is 458 g/mol. The predicted molar refractivity (Wildman–Crippen MR) is 116 cm³/mol. The van der Waals surface area contributed by atoms with Crippen LogP contribution in [-0.2, 0) is 6.54 Å². The molecule has 3 aliphatic heterocycles. The van der Waals surface area contributed by atoms with Gasteiger partial charge >= 0.3 is 0 Å². The number of ether oxygens (including phenoxy) is 1. The van der Waals surface area contributed by atoms with Gasteiger partial charge in [-0.3, -0.25) is 0 Å². The third kappa shape index (κ3) is 2.62. The Bertz CT molecular complexity index is 1330. The summed E-state index contributed by atoms with van der Waals surface area (Å²) in [4.78, 5) is 0. The Morgan fingerprint density at radius 3 is 3.06 bits per heavy atom. The predicted octanol–water partition coefficient (Wildman–Crippen LogP) is 3.25. The Morgan fingerprint density at radius 2 is 2.25 bits per heavy atom. The number of fused-ring (bicyclic) bond motifs is 3. The van der Waals surface area contributed by atoms with E-state index in [1.165, 1.54) is 18.2 Å². The van der Waals surface area contributed by atoms with Crippen LogP contribution in [0.15, 0.2) is 34.4 Å². The fraction of sp³-hybridized carbons (Fsp3) is 0.286. The van der Waals surface area contributed by atoms with Gasteiger partial charge in [0.2, 0.25) is 0 Å². The second-order valence-corrected chi connectivity index (χ2v) is 9.41. The largest absolute Gasteiger partial charge is 0.489 e. The molecule has 6 rings (SSSR count). The Hall–Kier alpha value is -2.87. The SMILES string of the molecule is N#CC1=C(N)SC2C1=C(c1c(F)cc3c(c1Cl)OCC1CNCc4nnc-3n41)C=CC2F. The molecule has 1 aliphatic carbocycles. The molecule has 4 heterocycles. The summed E-state index contributed by atoms with van der Waals surface area (Å²) in [5.74, 6) is 0.892. The van der Waals surface area contributed by atoms with Crippen molar-refractivity contribution in [2.24, 2.45) is 5.73 Å². The first kappa shape index (κ1) is 19.8. The summed E-state index contributed by atoms with van der Waals surface area (Å²) in [5, 5.41) is 20.9. The fourth-order valence-electron chi connectivity index (χ4n) is 4.68. The van der Waals surface area contributed by atoms with Crippen LogP contribution in [-0.4, -0.2) is 39.3 Å². The number of nitrogens with two attached hydrogens (primary N) is 1. The minimum atomic E-state index is -1.35. The number of nitriles is 1. The number of halogens is 3. The fourth-order valence-corrected chi connectivity index (χ4v) is 6.15. The molecule has 162 valence electrons. The van der Waals surface area contributed by atoms with Gasteiger partial charge in [0.25, 0.3) is 0 Å². The summed E-state index contributed by atoms with van der Waals surface area (Å²) in [6, 6.07) is 3.28. The molecule has 3 atom stereocenters. The molecule has 2 aromatic rings. The zero-order chi connectivity index (χ0) is 22.1. The highest BCUT2D eigenvalue weighted by atomic mass is 35.5. The van der Waals surface area contributed by atoms with Gasteiger partial charge in [0.1, 0.15) is 36.2 Å². The number of aromatic nitrogens is 3. The molecule has 1 aromatic heterocycles. The maximum absolute atomic E-state index is 15.6. The van der Waals surface area contributed by atoms with Crippen LogP contribution in [0, 0.1) is 17.1 Å². The van der Waals surface area contributed by atoms with Gasteiger partial charge in [-0.15, -0.1) is 10.2 Å². The zero-order valence-electron chi connectivity index (χ0n) is 16.4. The first-order valence-electron chi connectivity index (χ1n) is 9.93. The van der Waals surface area contributed by atoms with Gasteiger partial charge in [0, 0.05) is 12.1 Å². The molecule has 11 heteroatoms. The highest BCUT2D eigenvalue weighted by Crippen LogP contribution is 2.51. The van der Waals surface area contributed by atoms with Crippen molar-refractivity contribution in [2.45, 2.75) is 24.0 Å². The quantitative estimate of drug-likeness (QED) is 0.656. The molecular formula is C21H15ClF2N6OS. The molecule has 0 saturated carbocycles. The van der Waals surface area contributed by atoms with E-state index in [4.69, 9.17) is 22.1 Å². The van der Waals surface area contributed by atoms with E-state index >= 15 is 4.39 Å². The highest BCUT2D eigenvalue weighted by molar-refractivity contribution is 8.04. The van der Waals surface area contributed by atoms with E-state index in [2.05, 4.69) is 15.5 Å². The summed E-state index contributed by atoms with van der Waals surface area (Å²) in [6.07, 6.45) is 1.44. The van der Waals surface area contributed by atoms with Gasteiger partial charge in [-0.25, -0.2) is 8.78 Å². The summed E-state index contributed by atoms with van der Waals surface area (Å²) in [6.45, 7) is 1.51. The van der Waals surface area contributed by atoms with E-state index in [0.717, 1.165) is 17.6 Å². The van der Waals surface area contributed by atoms with Crippen molar-refractivity contribution in [3.63, 3.8) is 0 Å². The monoisotopic (exact) mass is 472 g/mol. The first-order valence-corrected chi connectivity index (χ1v) is 11.2. The number of rotatable bonds is 1. The van der Waals surface area contributed by atoms with Crippen molar-refractivity contribution in [1.82, 2.24) is 20.1 Å². The van der Waals surface area contributed by atoms with Gasteiger partial charge in [0.05, 0.1) is 39.0 Å². The molecule has 0 bridgehead atoms. The smallest absolute Gasteiger partial charge is 0.168 e. The molecule has 1 aromatic carbocycles. The average molecular weight is 473 g/mol. The minimum absolute atomic E-state index is 0.0416. The van der Waals surface area contributed by atoms with Crippen LogP contribution >= 0.6 is 23.4 Å². The van der Waals surface area contributed by atoms with E-state index in [1.54, 1.807) is 0 Å². The van der Waals surface area contributed by atoms with Crippen LogP contribution in [0.25, 0.3) is 17.0 Å². The molecule has 0 saturated heterocycles. The molecule has 0 fully saturated rings. The number of thioether (sulfide) groups is 1. The number of alkyl halides is 1. The molecule has 0 spiro atoms. The standard InChI is InChI=1S/C21H15ClF2N6OS/c22-17-16(9-1-2-12(23)19-15(9)11(4-25)20(26)32-19)13(24)3-10-18(17)31-7-8-5-27-6-14-28-29-21(10)30(8)14/h1-3,8,12,19,27H,5-7,26H2. The second kappa shape index (κ2) is 7.07. The number of benzene rings is 1. The van der Waals surface area contributed by atoms with Crippen LogP contribution in [0.4, 0.5) is 8.78 Å². The van der Waals surface area contributed by atoms with E-state index in [1.807, 2.05) is 10.6 Å². The average Bonchev–Trinajstić information content (AvgIpc) is 3.31. The molecule has 3 N–H and O–H groups in total. The molecule has 4 aliphatic rings. The number of nitrogens with one attached hydrogen (secondary N) is 1. The Kier molecular flexibility index (Phi) is 4.37. The van der Waals surface area contributed by atoms with E-state index < -0.39 is 17.2 Å². The highest BCUT2D eigenvalue weighted by Gasteiger charge is 2.40. The number of nitrogens with zero attached hydrogens (tertiary/aromatic N) is 4. The summed E-state index contributed by atoms with van der Waals surface area (Å²) in [5.41, 5.74) is 7.25. The van der Waals surface area contributed by atoms with Crippen LogP contribution in [0.2, 0.25) is 5.02 Å². The van der Waals surface area contributed by atoms with Gasteiger partial charge < -0.3 is 20.4 Å². The third-order valence-electron chi connectivity index (χ3n) is 6.09. The Morgan fingerprint density at radius 1 is 1.41 bits per heavy atom. The van der Waals surface area contributed by atoms with Crippen LogP contribution < -0.4 is 15.8 Å². The van der Waals surface area contributed by atoms with Crippen LogP contribution in [0.1, 0.15) is 17.4 Å². The lowest BCUT2D eigenvalue weighted by Gasteiger charge is -2.24. The lowest BCUT2D eigenvalue weighted by atomic mass is 9.86. The second-order valence-electron chi connectivity index (χ2n) is 7.85. The van der Waals surface area contributed by atoms with Crippen LogP contribution in [0.5, 0.6) is 5.75 Å². The van der Waals surface area contributed by atoms with Crippen molar-refractivity contribution in [2.75, 3.05) is 13.2 Å². The zero-order valence-corrected chi connectivity index (χ0v) is 18.0. The van der Waals surface area contributed by atoms with Crippen molar-refractivity contribution in [3.8, 4) is 23.2 Å². The molecule has 7 nitrogen and oxygen atoms in total. The van der Waals surface area contributed by atoms with Gasteiger partial charge in [-0.2, -0.15) is 5.26 Å². The number of allylic oxidation sites excluding steroid dienone is 4. The van der Waals surface area contributed by atoms with Crippen molar-refractivity contribution >= 4 is 28.9 Å². The molecule has 0 radical (unpaired) electrons. The van der Waals surface area contributed by atoms with Gasteiger partial charge in [-0.1, -0.05) is 29.4 Å². The van der Waals surface area contributed by atoms with Crippen molar-refractivity contribution in [3.05, 3.63) is 56.6 Å². The third-order valence-corrected chi connectivity index (χ3v) is 7.66. The number of hydrogen-bond acceptors (Lipinski definition) is 7. The normalized spacial score (nSPS) is 25.6. The van der Waals surface area contributed by atoms with Crippen molar-refractivity contribution < 1.29 is 13.5 Å². The van der Waals surface area contributed by atoms with Gasteiger partial charge in [0.15, 0.2) is 5.82 Å². The van der Waals surface area contributed by atoms with Crippen LogP contribution in [0.3, 0.4) is 0 Å². The molecule has 3 unspecified atom stereocenters. The Balaban J connectivity index is 1.59. The van der Waals surface area contributed by atoms with E-state index in [0.29, 0.717) is 42.2 Å². The molecule has 0 amide bonds. The molecule has 32 heavy (non-hydrogen) atoms. The lowest BCUT2D eigenvalue weighted by molar-refractivity contribution is 0.238. The maximum Gasteiger partial charge on any atom is 0.168 e. The summed E-state index contributed by atoms with van der Waals surface area (Å²) < 4.78 is 38.2. The minimum Gasteiger partial charge on any atom is -0.489 e. The number of hydrogen-bond donors (Lipinski definition) is 2. The summed E-state index contributed by atoms with van der Waals surface area (Å²) >= 11 is 7.80. The summed E-state index contributed by atoms with van der Waals surface area (Å²) in [7, 11) is 0. The first-order chi connectivity index (χ1) is 15.5. The van der Waals surface area contributed by atoms with Gasteiger partial charge in [-0.05, 0) is 23.3 Å². The van der Waals surface area contributed by atoms with E-state index in [-0.39, 0.29) is 33.0 Å². The lowest BCUT2D eigenvalue weighted by Crippen LogP contribution is -2.35. The maximum atomic E-state index is 15.6. The van der Waals surface area contributed by atoms with E-state index in [9.17, 15) is 9.65 Å². The topological polar surface area (TPSA) is 102 Å².